The number of thioether (sulfide) groups is 1. The second kappa shape index (κ2) is 6.02. The topological polar surface area (TPSA) is 66.5 Å². The summed E-state index contributed by atoms with van der Waals surface area (Å²) >= 11 is 4.64. The lowest BCUT2D eigenvalue weighted by Crippen LogP contribution is -2.37. The molecule has 0 bridgehead atoms. The third-order valence-electron chi connectivity index (χ3n) is 2.29. The number of amides is 3. The molecular formula is C10H9IN2O3S2. The van der Waals surface area contributed by atoms with E-state index in [9.17, 15) is 14.4 Å². The molecule has 5 nitrogen and oxygen atoms in total. The van der Waals surface area contributed by atoms with Crippen molar-refractivity contribution in [1.82, 2.24) is 10.2 Å². The number of nitrogens with one attached hydrogen (secondary N) is 1. The Hall–Kier alpha value is -0.610. The minimum absolute atomic E-state index is 0.180. The molecule has 2 heterocycles. The maximum absolute atomic E-state index is 11.7. The summed E-state index contributed by atoms with van der Waals surface area (Å²) in [6, 6.07) is 1.79. The Kier molecular flexibility index (Phi) is 4.62. The van der Waals surface area contributed by atoms with Gasteiger partial charge in [0.2, 0.25) is 5.91 Å². The lowest BCUT2D eigenvalue weighted by atomic mass is 10.3. The van der Waals surface area contributed by atoms with E-state index in [-0.39, 0.29) is 35.9 Å². The van der Waals surface area contributed by atoms with E-state index in [1.807, 2.05) is 0 Å². The van der Waals surface area contributed by atoms with Crippen molar-refractivity contribution in [2.24, 2.45) is 0 Å². The third kappa shape index (κ3) is 3.23. The summed E-state index contributed by atoms with van der Waals surface area (Å²) in [6.45, 7) is 0.515. The van der Waals surface area contributed by atoms with E-state index < -0.39 is 0 Å². The minimum Gasteiger partial charge on any atom is -0.350 e. The number of halogens is 1. The Bertz CT molecular complexity index is 487. The molecule has 1 aliphatic rings. The summed E-state index contributed by atoms with van der Waals surface area (Å²) in [5.41, 5.74) is 0.609. The van der Waals surface area contributed by atoms with Crippen LogP contribution in [0.1, 0.15) is 10.4 Å². The Balaban J connectivity index is 1.80. The summed E-state index contributed by atoms with van der Waals surface area (Å²) in [7, 11) is 0. The molecule has 1 saturated heterocycles. The van der Waals surface area contributed by atoms with Crippen molar-refractivity contribution in [3.63, 3.8) is 0 Å². The highest BCUT2D eigenvalue weighted by Gasteiger charge is 2.29. The van der Waals surface area contributed by atoms with Gasteiger partial charge in [-0.25, -0.2) is 0 Å². The van der Waals surface area contributed by atoms with Crippen LogP contribution < -0.4 is 5.32 Å². The fourth-order valence-corrected chi connectivity index (χ4v) is 3.49. The van der Waals surface area contributed by atoms with E-state index in [0.29, 0.717) is 5.56 Å². The standard InChI is InChI=1S/C10H9IN2O3S2/c11-7-3-6(4-17-7)9(15)12-1-2-13-8(14)5-18-10(13)16/h3-4H,1-2,5H2,(H,12,15). The van der Waals surface area contributed by atoms with Crippen LogP contribution in [-0.2, 0) is 4.79 Å². The number of hydrogen-bond donors (Lipinski definition) is 1. The van der Waals surface area contributed by atoms with E-state index >= 15 is 0 Å². The summed E-state index contributed by atoms with van der Waals surface area (Å²) in [5.74, 6) is -0.166. The molecule has 0 atom stereocenters. The normalized spacial score (nSPS) is 15.3. The van der Waals surface area contributed by atoms with Crippen LogP contribution in [0.4, 0.5) is 4.79 Å². The van der Waals surface area contributed by atoms with Gasteiger partial charge in [0.15, 0.2) is 0 Å². The van der Waals surface area contributed by atoms with Crippen molar-refractivity contribution in [2.45, 2.75) is 0 Å². The van der Waals surface area contributed by atoms with Gasteiger partial charge >= 0.3 is 0 Å². The Morgan fingerprint density at radius 2 is 2.28 bits per heavy atom. The molecule has 96 valence electrons. The second-order valence-electron chi connectivity index (χ2n) is 3.50. The molecule has 18 heavy (non-hydrogen) atoms. The zero-order valence-electron chi connectivity index (χ0n) is 9.14. The zero-order chi connectivity index (χ0) is 13.1. The van der Waals surface area contributed by atoms with Crippen molar-refractivity contribution in [3.05, 3.63) is 19.9 Å². The van der Waals surface area contributed by atoms with Crippen molar-refractivity contribution in [3.8, 4) is 0 Å². The first-order chi connectivity index (χ1) is 8.58. The molecule has 0 aliphatic carbocycles. The molecule has 0 unspecified atom stereocenters. The number of thiophene rings is 1. The molecule has 1 aromatic heterocycles. The smallest absolute Gasteiger partial charge is 0.288 e. The van der Waals surface area contributed by atoms with E-state index in [1.54, 1.807) is 11.4 Å². The van der Waals surface area contributed by atoms with Crippen LogP contribution in [0.2, 0.25) is 0 Å². The number of rotatable bonds is 4. The summed E-state index contributed by atoms with van der Waals surface area (Å²) in [6.07, 6.45) is 0. The molecule has 1 aliphatic heterocycles. The van der Waals surface area contributed by atoms with Gasteiger partial charge in [-0.3, -0.25) is 19.3 Å². The van der Waals surface area contributed by atoms with Crippen molar-refractivity contribution in [2.75, 3.05) is 18.8 Å². The maximum Gasteiger partial charge on any atom is 0.288 e. The van der Waals surface area contributed by atoms with E-state index in [4.69, 9.17) is 0 Å². The minimum atomic E-state index is -0.237. The molecule has 0 spiro atoms. The van der Waals surface area contributed by atoms with Gasteiger partial charge in [0.1, 0.15) is 0 Å². The quantitative estimate of drug-likeness (QED) is 0.789. The van der Waals surface area contributed by atoms with Crippen LogP contribution in [0.5, 0.6) is 0 Å². The summed E-state index contributed by atoms with van der Waals surface area (Å²) in [5, 5.41) is 4.23. The van der Waals surface area contributed by atoms with Crippen LogP contribution in [0.25, 0.3) is 0 Å². The van der Waals surface area contributed by atoms with Gasteiger partial charge in [-0.15, -0.1) is 11.3 Å². The number of hydrogen-bond acceptors (Lipinski definition) is 5. The molecule has 0 radical (unpaired) electrons. The monoisotopic (exact) mass is 396 g/mol. The fourth-order valence-electron chi connectivity index (χ4n) is 1.41. The highest BCUT2D eigenvalue weighted by molar-refractivity contribution is 14.1. The largest absolute Gasteiger partial charge is 0.350 e. The van der Waals surface area contributed by atoms with E-state index in [2.05, 4.69) is 27.9 Å². The van der Waals surface area contributed by atoms with Crippen molar-refractivity contribution < 1.29 is 14.4 Å². The average molecular weight is 396 g/mol. The van der Waals surface area contributed by atoms with Gasteiger partial charge < -0.3 is 5.32 Å². The molecule has 1 N–H and O–H groups in total. The summed E-state index contributed by atoms with van der Waals surface area (Å²) in [4.78, 5) is 35.5. The van der Waals surface area contributed by atoms with E-state index in [0.717, 1.165) is 14.6 Å². The maximum atomic E-state index is 11.7. The molecule has 1 fully saturated rings. The molecule has 3 amide bonds. The van der Waals surface area contributed by atoms with Crippen LogP contribution in [0.15, 0.2) is 11.4 Å². The van der Waals surface area contributed by atoms with Crippen LogP contribution in [0.3, 0.4) is 0 Å². The van der Waals surface area contributed by atoms with Crippen molar-refractivity contribution in [1.29, 1.82) is 0 Å². The zero-order valence-corrected chi connectivity index (χ0v) is 12.9. The Labute approximate surface area is 125 Å². The number of nitrogens with zero attached hydrogens (tertiary/aromatic N) is 1. The molecule has 8 heteroatoms. The van der Waals surface area contributed by atoms with Gasteiger partial charge in [-0.1, -0.05) is 11.8 Å². The first kappa shape index (κ1) is 13.8. The SMILES string of the molecule is O=C(NCCN1C(=O)CSC1=O)c1csc(I)c1. The van der Waals surface area contributed by atoms with Gasteiger partial charge in [-0.05, 0) is 28.7 Å². The molecule has 1 aromatic rings. The van der Waals surface area contributed by atoms with Crippen molar-refractivity contribution >= 4 is 62.7 Å². The Morgan fingerprint density at radius 3 is 2.83 bits per heavy atom. The third-order valence-corrected chi connectivity index (χ3v) is 4.94. The number of carbonyl (C=O) groups excluding carboxylic acids is 3. The van der Waals surface area contributed by atoms with Gasteiger partial charge in [0.05, 0.1) is 14.2 Å². The predicted octanol–water partition coefficient (Wildman–Crippen LogP) is 1.78. The number of imide groups is 1. The van der Waals surface area contributed by atoms with Crippen LogP contribution in [0, 0.1) is 2.88 Å². The first-order valence-corrected chi connectivity index (χ1v) is 8.01. The number of carbonyl (C=O) groups is 3. The molecule has 0 saturated carbocycles. The summed E-state index contributed by atoms with van der Waals surface area (Å²) < 4.78 is 1.04. The van der Waals surface area contributed by atoms with Crippen LogP contribution >= 0.6 is 45.7 Å². The first-order valence-electron chi connectivity index (χ1n) is 5.07. The lowest BCUT2D eigenvalue weighted by molar-refractivity contribution is -0.124. The predicted molar refractivity (Wildman–Crippen MR) is 78.9 cm³/mol. The fraction of sp³-hybridized carbons (Fsp3) is 0.300. The van der Waals surface area contributed by atoms with Gasteiger partial charge in [0.25, 0.3) is 11.1 Å². The highest BCUT2D eigenvalue weighted by atomic mass is 127. The van der Waals surface area contributed by atoms with Crippen LogP contribution in [-0.4, -0.2) is 40.8 Å². The average Bonchev–Trinajstić information content (AvgIpc) is 2.89. The second-order valence-corrected chi connectivity index (χ2v) is 7.23. The van der Waals surface area contributed by atoms with Gasteiger partial charge in [0, 0.05) is 18.5 Å². The molecule has 0 aromatic carbocycles. The highest BCUT2D eigenvalue weighted by Crippen LogP contribution is 2.18. The lowest BCUT2D eigenvalue weighted by Gasteiger charge is -2.12. The molecule has 2 rings (SSSR count). The Morgan fingerprint density at radius 1 is 1.50 bits per heavy atom. The van der Waals surface area contributed by atoms with E-state index in [1.165, 1.54) is 16.2 Å². The molecular weight excluding hydrogens is 387 g/mol. The van der Waals surface area contributed by atoms with Gasteiger partial charge in [-0.2, -0.15) is 0 Å².